The summed E-state index contributed by atoms with van der Waals surface area (Å²) < 4.78 is 11.7. The van der Waals surface area contributed by atoms with Gasteiger partial charge in [0.15, 0.2) is 0 Å². The summed E-state index contributed by atoms with van der Waals surface area (Å²) in [6.45, 7) is 7.61. The maximum absolute atomic E-state index is 9.39. The third-order valence-corrected chi connectivity index (χ3v) is 3.83. The van der Waals surface area contributed by atoms with Gasteiger partial charge in [-0.1, -0.05) is 24.3 Å². The monoisotopic (exact) mass is 266 g/mol. The van der Waals surface area contributed by atoms with Crippen LogP contribution < -0.4 is 5.46 Å². The minimum absolute atomic E-state index is 0.0477. The van der Waals surface area contributed by atoms with Crippen LogP contribution in [0.2, 0.25) is 0 Å². The van der Waals surface area contributed by atoms with Crippen LogP contribution in [0.25, 0.3) is 0 Å². The second kappa shape index (κ2) is 4.29. The highest BCUT2D eigenvalue weighted by atomic mass is 16.7. The molecule has 0 radical (unpaired) electrons. The molecule has 6 heteroatoms. The van der Waals surface area contributed by atoms with Crippen LogP contribution in [-0.4, -0.2) is 33.6 Å². The molecule has 3 N–H and O–H groups in total. The second-order valence-electron chi connectivity index (χ2n) is 5.81. The van der Waals surface area contributed by atoms with E-state index < -0.39 is 24.3 Å². The van der Waals surface area contributed by atoms with E-state index in [9.17, 15) is 15.3 Å². The number of hydrogen-bond donors (Lipinski definition) is 3. The van der Waals surface area contributed by atoms with E-state index >= 15 is 0 Å². The van der Waals surface area contributed by atoms with Gasteiger partial charge in [-0.05, 0) is 33.2 Å². The minimum atomic E-state index is -2.92. The molecule has 1 saturated heterocycles. The Bertz CT molecular complexity index is 462. The summed E-state index contributed by atoms with van der Waals surface area (Å²) in [6.07, 6.45) is 0. The first-order chi connectivity index (χ1) is 8.55. The van der Waals surface area contributed by atoms with Crippen molar-refractivity contribution in [1.29, 1.82) is 0 Å². The zero-order valence-electron chi connectivity index (χ0n) is 11.5. The summed E-state index contributed by atoms with van der Waals surface area (Å²) in [7, 11) is -0.757. The molecule has 104 valence electrons. The summed E-state index contributed by atoms with van der Waals surface area (Å²) >= 11 is 0. The maximum Gasteiger partial charge on any atom is 0.495 e. The number of rotatable bonds is 2. The van der Waals surface area contributed by atoms with Crippen molar-refractivity contribution >= 4 is 12.6 Å². The molecule has 0 aliphatic carbocycles. The van der Waals surface area contributed by atoms with E-state index in [1.807, 2.05) is 27.7 Å². The van der Waals surface area contributed by atoms with Gasteiger partial charge in [0.2, 0.25) is 0 Å². The lowest BCUT2D eigenvalue weighted by atomic mass is 9.75. The van der Waals surface area contributed by atoms with E-state index in [-0.39, 0.29) is 5.56 Å². The largest absolute Gasteiger partial charge is 0.495 e. The molecule has 19 heavy (non-hydrogen) atoms. The molecule has 2 rings (SSSR count). The quantitative estimate of drug-likeness (QED) is 0.521. The van der Waals surface area contributed by atoms with Gasteiger partial charge in [-0.15, -0.1) is 0 Å². The maximum atomic E-state index is 9.39. The van der Waals surface area contributed by atoms with Crippen LogP contribution >= 0.6 is 0 Å². The van der Waals surface area contributed by atoms with E-state index in [0.717, 1.165) is 0 Å². The molecule has 0 saturated carbocycles. The highest BCUT2D eigenvalue weighted by molar-refractivity contribution is 6.62. The van der Waals surface area contributed by atoms with Gasteiger partial charge in [0.1, 0.15) is 0 Å². The Morgan fingerprint density at radius 1 is 0.947 bits per heavy atom. The van der Waals surface area contributed by atoms with Gasteiger partial charge in [-0.25, -0.2) is 0 Å². The van der Waals surface area contributed by atoms with E-state index in [1.54, 1.807) is 18.2 Å². The molecular formula is C13H19BO5. The summed E-state index contributed by atoms with van der Waals surface area (Å²) in [4.78, 5) is 0. The highest BCUT2D eigenvalue weighted by Gasteiger charge is 2.52. The third kappa shape index (κ3) is 2.54. The van der Waals surface area contributed by atoms with Gasteiger partial charge in [0, 0.05) is 5.56 Å². The van der Waals surface area contributed by atoms with Crippen molar-refractivity contribution < 1.29 is 24.6 Å². The Labute approximate surface area is 112 Å². The molecular weight excluding hydrogens is 247 g/mol. The Kier molecular flexibility index (Phi) is 3.28. The molecule has 0 aromatic heterocycles. The molecule has 1 aromatic rings. The van der Waals surface area contributed by atoms with Crippen LogP contribution in [0.3, 0.4) is 0 Å². The van der Waals surface area contributed by atoms with Gasteiger partial charge >= 0.3 is 13.1 Å². The molecule has 0 amide bonds. The van der Waals surface area contributed by atoms with Crippen molar-refractivity contribution in [3.05, 3.63) is 29.8 Å². The molecule has 1 aliphatic heterocycles. The van der Waals surface area contributed by atoms with Crippen LogP contribution in [0.15, 0.2) is 24.3 Å². The van der Waals surface area contributed by atoms with Crippen LogP contribution in [0.4, 0.5) is 0 Å². The molecule has 0 unspecified atom stereocenters. The van der Waals surface area contributed by atoms with Gasteiger partial charge in [-0.2, -0.15) is 0 Å². The fourth-order valence-electron chi connectivity index (χ4n) is 1.98. The molecule has 0 atom stereocenters. The van der Waals surface area contributed by atoms with E-state index in [4.69, 9.17) is 9.31 Å². The Morgan fingerprint density at radius 2 is 1.42 bits per heavy atom. The van der Waals surface area contributed by atoms with E-state index in [2.05, 4.69) is 0 Å². The van der Waals surface area contributed by atoms with Crippen molar-refractivity contribution in [3.8, 4) is 0 Å². The molecule has 5 nitrogen and oxygen atoms in total. The summed E-state index contributed by atoms with van der Waals surface area (Å²) in [5.41, 5.74) is -0.719. The lowest BCUT2D eigenvalue weighted by Crippen LogP contribution is -2.42. The molecule has 1 aliphatic rings. The standard InChI is InChI=1S/C13H19BO5/c1-11(2)12(3,4)19-14(18-11)10-8-6-5-7-9(10)13(15,16)17/h5-8,15-17H,1-4H3. The highest BCUT2D eigenvalue weighted by Crippen LogP contribution is 2.37. The van der Waals surface area contributed by atoms with Crippen LogP contribution in [0.1, 0.15) is 33.3 Å². The van der Waals surface area contributed by atoms with Gasteiger partial charge in [-0.3, -0.25) is 0 Å². The second-order valence-corrected chi connectivity index (χ2v) is 5.81. The number of benzene rings is 1. The first-order valence-electron chi connectivity index (χ1n) is 6.17. The van der Waals surface area contributed by atoms with E-state index in [0.29, 0.717) is 5.46 Å². The average molecular weight is 266 g/mol. The van der Waals surface area contributed by atoms with Crippen LogP contribution in [0.5, 0.6) is 0 Å². The topological polar surface area (TPSA) is 79.2 Å². The van der Waals surface area contributed by atoms with Crippen LogP contribution in [0, 0.1) is 0 Å². The van der Waals surface area contributed by atoms with Crippen molar-refractivity contribution in [1.82, 2.24) is 0 Å². The summed E-state index contributed by atoms with van der Waals surface area (Å²) in [5, 5.41) is 28.2. The molecule has 1 aromatic carbocycles. The zero-order valence-corrected chi connectivity index (χ0v) is 11.5. The van der Waals surface area contributed by atoms with Gasteiger partial charge < -0.3 is 24.6 Å². The van der Waals surface area contributed by atoms with Crippen LogP contribution in [-0.2, 0) is 15.3 Å². The molecule has 0 spiro atoms. The first kappa shape index (κ1) is 14.5. The fraction of sp³-hybridized carbons (Fsp3) is 0.538. The molecule has 1 fully saturated rings. The predicted molar refractivity (Wildman–Crippen MR) is 70.5 cm³/mol. The average Bonchev–Trinajstić information content (AvgIpc) is 2.47. The van der Waals surface area contributed by atoms with Gasteiger partial charge in [0.25, 0.3) is 0 Å². The fourth-order valence-corrected chi connectivity index (χ4v) is 1.98. The smallest absolute Gasteiger partial charge is 0.399 e. The van der Waals surface area contributed by atoms with Crippen molar-refractivity contribution in [2.24, 2.45) is 0 Å². The number of hydrogen-bond acceptors (Lipinski definition) is 5. The minimum Gasteiger partial charge on any atom is -0.399 e. The van der Waals surface area contributed by atoms with Gasteiger partial charge in [0.05, 0.1) is 11.2 Å². The van der Waals surface area contributed by atoms with E-state index in [1.165, 1.54) is 6.07 Å². The zero-order chi connectivity index (χ0) is 14.5. The Morgan fingerprint density at radius 3 is 1.89 bits per heavy atom. The summed E-state index contributed by atoms with van der Waals surface area (Å²) in [6, 6.07) is 6.37. The normalized spacial score (nSPS) is 21.7. The SMILES string of the molecule is CC1(C)OB(c2ccccc2C(O)(O)O)OC1(C)C. The lowest BCUT2D eigenvalue weighted by molar-refractivity contribution is -0.323. The molecule has 1 heterocycles. The lowest BCUT2D eigenvalue weighted by Gasteiger charge is -2.32. The van der Waals surface area contributed by atoms with Crippen molar-refractivity contribution in [2.45, 2.75) is 44.9 Å². The molecule has 0 bridgehead atoms. The number of aliphatic hydroxyl groups is 3. The van der Waals surface area contributed by atoms with Crippen molar-refractivity contribution in [2.75, 3.05) is 0 Å². The Hall–Kier alpha value is -0.915. The predicted octanol–water partition coefficient (Wildman–Crippen LogP) is 0.0730. The van der Waals surface area contributed by atoms with Crippen molar-refractivity contribution in [3.63, 3.8) is 0 Å². The Balaban J connectivity index is 2.41. The first-order valence-corrected chi connectivity index (χ1v) is 6.17. The summed E-state index contributed by atoms with van der Waals surface area (Å²) in [5.74, 6) is -2.92. The third-order valence-electron chi connectivity index (χ3n) is 3.83.